The van der Waals surface area contributed by atoms with Gasteiger partial charge in [0.25, 0.3) is 5.91 Å². The van der Waals surface area contributed by atoms with E-state index in [1.54, 1.807) is 21.9 Å². The molecular formula is C22H22N2O4. The van der Waals surface area contributed by atoms with Crippen molar-refractivity contribution in [3.8, 4) is 11.5 Å². The molecule has 6 nitrogen and oxygen atoms in total. The van der Waals surface area contributed by atoms with Crippen LogP contribution in [0.5, 0.6) is 11.5 Å². The van der Waals surface area contributed by atoms with Gasteiger partial charge in [-0.05, 0) is 23.8 Å². The molecule has 1 fully saturated rings. The predicted molar refractivity (Wildman–Crippen MR) is 105 cm³/mol. The van der Waals surface area contributed by atoms with Crippen LogP contribution >= 0.6 is 0 Å². The summed E-state index contributed by atoms with van der Waals surface area (Å²) >= 11 is 0. The zero-order chi connectivity index (χ0) is 19.3. The molecular weight excluding hydrogens is 356 g/mol. The van der Waals surface area contributed by atoms with E-state index < -0.39 is 6.10 Å². The summed E-state index contributed by atoms with van der Waals surface area (Å²) in [5.74, 6) is 1.11. The third kappa shape index (κ3) is 4.01. The molecule has 0 aliphatic carbocycles. The first kappa shape index (κ1) is 18.1. The van der Waals surface area contributed by atoms with Crippen molar-refractivity contribution in [3.63, 3.8) is 0 Å². The molecule has 6 heteroatoms. The van der Waals surface area contributed by atoms with Gasteiger partial charge in [0.1, 0.15) is 6.61 Å². The molecule has 2 aromatic rings. The molecule has 1 saturated heterocycles. The lowest BCUT2D eigenvalue weighted by molar-refractivity contribution is -0.145. The summed E-state index contributed by atoms with van der Waals surface area (Å²) in [6, 6.07) is 17.0. The molecule has 0 saturated carbocycles. The smallest absolute Gasteiger partial charge is 0.267 e. The van der Waals surface area contributed by atoms with Crippen molar-refractivity contribution in [2.75, 3.05) is 32.8 Å². The summed E-state index contributed by atoms with van der Waals surface area (Å²) in [6.07, 6.45) is 2.75. The highest BCUT2D eigenvalue weighted by Crippen LogP contribution is 2.31. The zero-order valence-electron chi connectivity index (χ0n) is 15.5. The average Bonchev–Trinajstić information content (AvgIpc) is 2.77. The van der Waals surface area contributed by atoms with Gasteiger partial charge in [-0.3, -0.25) is 9.59 Å². The van der Waals surface area contributed by atoms with Crippen LogP contribution in [0.2, 0.25) is 0 Å². The molecule has 0 bridgehead atoms. The molecule has 144 valence electrons. The van der Waals surface area contributed by atoms with Crippen LogP contribution in [0.1, 0.15) is 5.56 Å². The summed E-state index contributed by atoms with van der Waals surface area (Å²) in [7, 11) is 0. The van der Waals surface area contributed by atoms with E-state index in [0.29, 0.717) is 37.7 Å². The Labute approximate surface area is 164 Å². The van der Waals surface area contributed by atoms with Gasteiger partial charge in [-0.1, -0.05) is 42.5 Å². The first-order valence-corrected chi connectivity index (χ1v) is 9.40. The van der Waals surface area contributed by atoms with Gasteiger partial charge in [0.2, 0.25) is 12.0 Å². The monoisotopic (exact) mass is 378 g/mol. The second-order valence-corrected chi connectivity index (χ2v) is 6.76. The van der Waals surface area contributed by atoms with Crippen molar-refractivity contribution in [2.24, 2.45) is 0 Å². The minimum atomic E-state index is -0.643. The van der Waals surface area contributed by atoms with Crippen LogP contribution in [0.15, 0.2) is 60.7 Å². The number of benzene rings is 2. The van der Waals surface area contributed by atoms with Gasteiger partial charge in [0.05, 0.1) is 0 Å². The fourth-order valence-corrected chi connectivity index (χ4v) is 3.33. The van der Waals surface area contributed by atoms with E-state index in [1.807, 2.05) is 54.6 Å². The van der Waals surface area contributed by atoms with Gasteiger partial charge in [-0.25, -0.2) is 0 Å². The van der Waals surface area contributed by atoms with Crippen molar-refractivity contribution < 1.29 is 19.1 Å². The normalized spacial score (nSPS) is 18.9. The van der Waals surface area contributed by atoms with Crippen LogP contribution in [-0.4, -0.2) is 60.5 Å². The fraction of sp³-hybridized carbons (Fsp3) is 0.273. The largest absolute Gasteiger partial charge is 0.485 e. The van der Waals surface area contributed by atoms with Gasteiger partial charge < -0.3 is 19.3 Å². The lowest BCUT2D eigenvalue weighted by Gasteiger charge is -2.36. The number of rotatable bonds is 3. The van der Waals surface area contributed by atoms with Gasteiger partial charge in [0, 0.05) is 32.3 Å². The van der Waals surface area contributed by atoms with E-state index in [-0.39, 0.29) is 18.4 Å². The summed E-state index contributed by atoms with van der Waals surface area (Å²) in [6.45, 7) is 2.20. The topological polar surface area (TPSA) is 59.1 Å². The fourth-order valence-electron chi connectivity index (χ4n) is 3.33. The quantitative estimate of drug-likeness (QED) is 0.769. The standard InChI is InChI=1S/C22H22N2O4/c25-21(11-10-17-6-2-1-3-7-17)23-12-14-24(15-13-23)22(26)20-16-27-18-8-4-5-9-19(18)28-20/h1-11,20H,12-16H2/b11-10+/t20-/m1/s1. The number of hydrogen-bond donors (Lipinski definition) is 0. The number of amides is 2. The van der Waals surface area contributed by atoms with E-state index in [4.69, 9.17) is 9.47 Å². The van der Waals surface area contributed by atoms with Gasteiger partial charge >= 0.3 is 0 Å². The van der Waals surface area contributed by atoms with E-state index in [9.17, 15) is 9.59 Å². The minimum absolute atomic E-state index is 0.0397. The number of carbonyl (C=O) groups is 2. The van der Waals surface area contributed by atoms with Crippen molar-refractivity contribution in [1.29, 1.82) is 0 Å². The first-order valence-electron chi connectivity index (χ1n) is 9.40. The number of fused-ring (bicyclic) bond motifs is 1. The number of piperazine rings is 1. The van der Waals surface area contributed by atoms with Gasteiger partial charge in [-0.15, -0.1) is 0 Å². The molecule has 0 spiro atoms. The molecule has 4 rings (SSSR count). The highest BCUT2D eigenvalue weighted by Gasteiger charge is 2.33. The minimum Gasteiger partial charge on any atom is -0.485 e. The van der Waals surface area contributed by atoms with Crippen LogP contribution in [0.3, 0.4) is 0 Å². The van der Waals surface area contributed by atoms with Crippen molar-refractivity contribution in [2.45, 2.75) is 6.10 Å². The molecule has 0 unspecified atom stereocenters. The lowest BCUT2D eigenvalue weighted by atomic mass is 10.2. The van der Waals surface area contributed by atoms with E-state index in [0.717, 1.165) is 5.56 Å². The van der Waals surface area contributed by atoms with Gasteiger partial charge in [0.15, 0.2) is 11.5 Å². The molecule has 2 aromatic carbocycles. The number of ether oxygens (including phenoxy) is 2. The maximum Gasteiger partial charge on any atom is 0.267 e. The molecule has 0 N–H and O–H groups in total. The molecule has 2 amide bonds. The molecule has 0 radical (unpaired) electrons. The van der Waals surface area contributed by atoms with E-state index in [1.165, 1.54) is 0 Å². The highest BCUT2D eigenvalue weighted by atomic mass is 16.6. The van der Waals surface area contributed by atoms with Crippen LogP contribution in [0.4, 0.5) is 0 Å². The van der Waals surface area contributed by atoms with Crippen LogP contribution in [-0.2, 0) is 9.59 Å². The second-order valence-electron chi connectivity index (χ2n) is 6.76. The zero-order valence-corrected chi connectivity index (χ0v) is 15.5. The van der Waals surface area contributed by atoms with Crippen molar-refractivity contribution in [1.82, 2.24) is 9.80 Å². The molecule has 2 aliphatic rings. The third-order valence-corrected chi connectivity index (χ3v) is 4.90. The summed E-state index contributed by atoms with van der Waals surface area (Å²) in [4.78, 5) is 28.6. The summed E-state index contributed by atoms with van der Waals surface area (Å²) in [5.41, 5.74) is 0.986. The molecule has 2 heterocycles. The third-order valence-electron chi connectivity index (χ3n) is 4.90. The Morgan fingerprint density at radius 3 is 2.25 bits per heavy atom. The van der Waals surface area contributed by atoms with Crippen LogP contribution < -0.4 is 9.47 Å². The summed E-state index contributed by atoms with van der Waals surface area (Å²) < 4.78 is 11.4. The van der Waals surface area contributed by atoms with Crippen molar-refractivity contribution >= 4 is 17.9 Å². The highest BCUT2D eigenvalue weighted by molar-refractivity contribution is 5.92. The first-order chi connectivity index (χ1) is 13.7. The molecule has 28 heavy (non-hydrogen) atoms. The molecule has 1 atom stereocenters. The Morgan fingerprint density at radius 1 is 0.857 bits per heavy atom. The Hall–Kier alpha value is -3.28. The Kier molecular flexibility index (Phi) is 5.28. The lowest BCUT2D eigenvalue weighted by Crippen LogP contribution is -2.54. The Morgan fingerprint density at radius 2 is 1.50 bits per heavy atom. The van der Waals surface area contributed by atoms with E-state index >= 15 is 0 Å². The second kappa shape index (κ2) is 8.17. The predicted octanol–water partition coefficient (Wildman–Crippen LogP) is 2.21. The number of hydrogen-bond acceptors (Lipinski definition) is 4. The Balaban J connectivity index is 1.30. The van der Waals surface area contributed by atoms with Crippen molar-refractivity contribution in [3.05, 3.63) is 66.2 Å². The number of nitrogens with zero attached hydrogens (tertiary/aromatic N) is 2. The number of carbonyl (C=O) groups excluding carboxylic acids is 2. The maximum absolute atomic E-state index is 12.8. The van der Waals surface area contributed by atoms with E-state index in [2.05, 4.69) is 0 Å². The Bertz CT molecular complexity index is 873. The summed E-state index contributed by atoms with van der Waals surface area (Å²) in [5, 5.41) is 0. The van der Waals surface area contributed by atoms with Gasteiger partial charge in [-0.2, -0.15) is 0 Å². The van der Waals surface area contributed by atoms with Crippen LogP contribution in [0, 0.1) is 0 Å². The SMILES string of the molecule is O=C(/C=C/c1ccccc1)N1CCN(C(=O)[C@H]2COc3ccccc3O2)CC1. The molecule has 2 aliphatic heterocycles. The number of para-hydroxylation sites is 2. The molecule has 0 aromatic heterocycles. The maximum atomic E-state index is 12.8. The van der Waals surface area contributed by atoms with Crippen LogP contribution in [0.25, 0.3) is 6.08 Å². The average molecular weight is 378 g/mol.